The van der Waals surface area contributed by atoms with Gasteiger partial charge >= 0.3 is 5.97 Å². The van der Waals surface area contributed by atoms with E-state index in [1.165, 1.54) is 82.4 Å². The van der Waals surface area contributed by atoms with Crippen LogP contribution in [0.4, 0.5) is 0 Å². The zero-order valence-electron chi connectivity index (χ0n) is 17.2. The third kappa shape index (κ3) is 4.10. The van der Waals surface area contributed by atoms with Crippen molar-refractivity contribution in [3.63, 3.8) is 0 Å². The summed E-state index contributed by atoms with van der Waals surface area (Å²) in [7, 11) is 1.46. The Morgan fingerprint density at radius 3 is 2.48 bits per heavy atom. The first-order valence-corrected chi connectivity index (χ1v) is 11.4. The highest BCUT2D eigenvalue weighted by Crippen LogP contribution is 2.49. The molecular weight excluding hydrogens is 332 g/mol. The fourth-order valence-corrected chi connectivity index (χ4v) is 6.55. The lowest BCUT2D eigenvalue weighted by molar-refractivity contribution is 0.0600. The molecule has 2 fully saturated rings. The Kier molecular flexibility index (Phi) is 5.90. The van der Waals surface area contributed by atoms with Crippen molar-refractivity contribution < 1.29 is 9.53 Å². The standard InChI is InChI=1S/C25H36O2/c1-3-4-17-5-6-19-14-20(8-7-18(19)13-17)21-9-10-23-16-24(25(26)27-2)12-11-22(23)15-21/h11-12,16-21H,3-10,13-15H2,1-2H3. The lowest BCUT2D eigenvalue weighted by Gasteiger charge is -2.45. The van der Waals surface area contributed by atoms with Gasteiger partial charge in [0.15, 0.2) is 0 Å². The number of ether oxygens (including phenoxy) is 1. The molecule has 0 N–H and O–H groups in total. The number of hydrogen-bond acceptors (Lipinski definition) is 2. The zero-order valence-corrected chi connectivity index (χ0v) is 17.2. The van der Waals surface area contributed by atoms with Gasteiger partial charge in [-0.1, -0.05) is 32.3 Å². The Balaban J connectivity index is 1.37. The molecule has 0 aromatic heterocycles. The molecule has 0 heterocycles. The van der Waals surface area contributed by atoms with E-state index in [9.17, 15) is 4.79 Å². The molecule has 5 atom stereocenters. The summed E-state index contributed by atoms with van der Waals surface area (Å²) in [5, 5.41) is 0. The van der Waals surface area contributed by atoms with E-state index in [4.69, 9.17) is 4.74 Å². The largest absolute Gasteiger partial charge is 0.465 e. The van der Waals surface area contributed by atoms with Gasteiger partial charge in [-0.3, -0.25) is 0 Å². The van der Waals surface area contributed by atoms with Crippen molar-refractivity contribution in [2.45, 2.75) is 77.6 Å². The van der Waals surface area contributed by atoms with Crippen molar-refractivity contribution in [3.05, 3.63) is 34.9 Å². The summed E-state index contributed by atoms with van der Waals surface area (Å²) < 4.78 is 4.88. The summed E-state index contributed by atoms with van der Waals surface area (Å²) in [5.41, 5.74) is 3.56. The number of aryl methyl sites for hydroxylation is 1. The molecule has 2 nitrogen and oxygen atoms in total. The van der Waals surface area contributed by atoms with Crippen molar-refractivity contribution in [3.8, 4) is 0 Å². The Morgan fingerprint density at radius 2 is 1.70 bits per heavy atom. The maximum absolute atomic E-state index is 11.8. The number of esters is 1. The normalized spacial score (nSPS) is 33.0. The van der Waals surface area contributed by atoms with Crippen LogP contribution in [0.2, 0.25) is 0 Å². The van der Waals surface area contributed by atoms with E-state index in [0.717, 1.165) is 36.0 Å². The molecule has 27 heavy (non-hydrogen) atoms. The molecule has 2 heteroatoms. The van der Waals surface area contributed by atoms with Gasteiger partial charge in [0.1, 0.15) is 0 Å². The first kappa shape index (κ1) is 19.0. The second kappa shape index (κ2) is 8.37. The minimum absolute atomic E-state index is 0.211. The summed E-state index contributed by atoms with van der Waals surface area (Å²) >= 11 is 0. The van der Waals surface area contributed by atoms with Crippen LogP contribution >= 0.6 is 0 Å². The predicted molar refractivity (Wildman–Crippen MR) is 110 cm³/mol. The van der Waals surface area contributed by atoms with Crippen LogP contribution in [0.15, 0.2) is 18.2 Å². The molecule has 0 aliphatic heterocycles. The van der Waals surface area contributed by atoms with E-state index >= 15 is 0 Å². The Bertz CT molecular complexity index is 664. The molecule has 0 bridgehead atoms. The van der Waals surface area contributed by atoms with Crippen LogP contribution in [-0.2, 0) is 17.6 Å². The summed E-state index contributed by atoms with van der Waals surface area (Å²) in [6.45, 7) is 2.35. The minimum Gasteiger partial charge on any atom is -0.465 e. The van der Waals surface area contributed by atoms with Gasteiger partial charge in [0.2, 0.25) is 0 Å². The summed E-state index contributed by atoms with van der Waals surface area (Å²) in [6, 6.07) is 6.22. The minimum atomic E-state index is -0.211. The van der Waals surface area contributed by atoms with E-state index in [-0.39, 0.29) is 5.97 Å². The molecule has 0 spiro atoms. The Morgan fingerprint density at radius 1 is 0.963 bits per heavy atom. The Hall–Kier alpha value is -1.31. The SMILES string of the molecule is CCCC1CCC2CC(C3CCc4cc(C(=O)OC)ccc4C3)CCC2C1. The molecule has 148 valence electrons. The van der Waals surface area contributed by atoms with Gasteiger partial charge < -0.3 is 4.74 Å². The van der Waals surface area contributed by atoms with Gasteiger partial charge in [0.25, 0.3) is 0 Å². The van der Waals surface area contributed by atoms with Gasteiger partial charge in [-0.05, 0) is 104 Å². The first-order chi connectivity index (χ1) is 13.2. The summed E-state index contributed by atoms with van der Waals surface area (Å²) in [4.78, 5) is 11.8. The fraction of sp³-hybridized carbons (Fsp3) is 0.720. The molecule has 5 unspecified atom stereocenters. The van der Waals surface area contributed by atoms with E-state index in [0.29, 0.717) is 5.56 Å². The average Bonchev–Trinajstić information content (AvgIpc) is 2.72. The van der Waals surface area contributed by atoms with Gasteiger partial charge in [-0.25, -0.2) is 4.79 Å². The summed E-state index contributed by atoms with van der Waals surface area (Å²) in [5.74, 6) is 4.65. The van der Waals surface area contributed by atoms with Gasteiger partial charge in [-0.15, -0.1) is 0 Å². The highest BCUT2D eigenvalue weighted by atomic mass is 16.5. The quantitative estimate of drug-likeness (QED) is 0.590. The molecule has 1 aromatic rings. The van der Waals surface area contributed by atoms with Crippen molar-refractivity contribution in [1.82, 2.24) is 0 Å². The van der Waals surface area contributed by atoms with Crippen molar-refractivity contribution in [1.29, 1.82) is 0 Å². The Labute approximate surface area is 165 Å². The third-order valence-electron chi connectivity index (χ3n) is 8.02. The molecule has 2 saturated carbocycles. The van der Waals surface area contributed by atoms with Crippen molar-refractivity contribution >= 4 is 5.97 Å². The molecule has 0 saturated heterocycles. The molecule has 3 aliphatic carbocycles. The molecule has 0 radical (unpaired) electrons. The van der Waals surface area contributed by atoms with Crippen LogP contribution in [0.3, 0.4) is 0 Å². The zero-order chi connectivity index (χ0) is 18.8. The van der Waals surface area contributed by atoms with Gasteiger partial charge in [-0.2, -0.15) is 0 Å². The van der Waals surface area contributed by atoms with Crippen LogP contribution < -0.4 is 0 Å². The lowest BCUT2D eigenvalue weighted by atomic mass is 9.61. The van der Waals surface area contributed by atoms with E-state index in [2.05, 4.69) is 19.1 Å². The highest BCUT2D eigenvalue weighted by Gasteiger charge is 2.38. The highest BCUT2D eigenvalue weighted by molar-refractivity contribution is 5.89. The fourth-order valence-electron chi connectivity index (χ4n) is 6.55. The van der Waals surface area contributed by atoms with Crippen LogP contribution in [0.5, 0.6) is 0 Å². The average molecular weight is 369 g/mol. The number of methoxy groups -OCH3 is 1. The molecule has 1 aromatic carbocycles. The second-order valence-corrected chi connectivity index (χ2v) is 9.54. The number of hydrogen-bond donors (Lipinski definition) is 0. The summed E-state index contributed by atoms with van der Waals surface area (Å²) in [6.07, 6.45) is 15.4. The number of carbonyl (C=O) groups is 1. The maximum Gasteiger partial charge on any atom is 0.337 e. The number of carbonyl (C=O) groups excluding carboxylic acids is 1. The smallest absolute Gasteiger partial charge is 0.337 e. The first-order valence-electron chi connectivity index (χ1n) is 11.4. The molecule has 4 rings (SSSR count). The van der Waals surface area contributed by atoms with Crippen LogP contribution in [0.1, 0.15) is 86.2 Å². The van der Waals surface area contributed by atoms with Crippen LogP contribution in [0.25, 0.3) is 0 Å². The molecule has 0 amide bonds. The number of rotatable bonds is 4. The second-order valence-electron chi connectivity index (χ2n) is 9.54. The third-order valence-corrected chi connectivity index (χ3v) is 8.02. The predicted octanol–water partition coefficient (Wildman–Crippen LogP) is 6.21. The van der Waals surface area contributed by atoms with E-state index in [1.54, 1.807) is 0 Å². The number of fused-ring (bicyclic) bond motifs is 2. The van der Waals surface area contributed by atoms with Gasteiger partial charge in [0, 0.05) is 0 Å². The number of benzene rings is 1. The molecule has 3 aliphatic rings. The van der Waals surface area contributed by atoms with Crippen LogP contribution in [0, 0.1) is 29.6 Å². The topological polar surface area (TPSA) is 26.3 Å². The van der Waals surface area contributed by atoms with Crippen LogP contribution in [-0.4, -0.2) is 13.1 Å². The van der Waals surface area contributed by atoms with Gasteiger partial charge in [0.05, 0.1) is 12.7 Å². The van der Waals surface area contributed by atoms with Crippen molar-refractivity contribution in [2.75, 3.05) is 7.11 Å². The lowest BCUT2D eigenvalue weighted by Crippen LogP contribution is -2.35. The van der Waals surface area contributed by atoms with E-state index in [1.807, 2.05) is 6.07 Å². The van der Waals surface area contributed by atoms with Crippen molar-refractivity contribution in [2.24, 2.45) is 29.6 Å². The monoisotopic (exact) mass is 368 g/mol. The molecular formula is C25H36O2. The maximum atomic E-state index is 11.8. The van der Waals surface area contributed by atoms with E-state index < -0.39 is 0 Å².